The number of rotatable bonds is 6. The zero-order valence-corrected chi connectivity index (χ0v) is 12.0. The highest BCUT2D eigenvalue weighted by molar-refractivity contribution is 5.73. The molecule has 0 radical (unpaired) electrons. The van der Waals surface area contributed by atoms with Gasteiger partial charge in [0.15, 0.2) is 0 Å². The van der Waals surface area contributed by atoms with Crippen molar-refractivity contribution in [1.29, 1.82) is 0 Å². The molecule has 0 fully saturated rings. The third kappa shape index (κ3) is 5.26. The maximum absolute atomic E-state index is 13.1. The second-order valence-electron chi connectivity index (χ2n) is 4.98. The summed E-state index contributed by atoms with van der Waals surface area (Å²) < 4.78 is 13.1. The predicted octanol–water partition coefficient (Wildman–Crippen LogP) is 2.99. The van der Waals surface area contributed by atoms with Crippen molar-refractivity contribution in [3.63, 3.8) is 0 Å². The number of halogens is 1. The number of benzene rings is 2. The summed E-state index contributed by atoms with van der Waals surface area (Å²) in [7, 11) is 0. The number of anilines is 1. The van der Waals surface area contributed by atoms with Gasteiger partial charge in [0.2, 0.25) is 5.91 Å². The monoisotopic (exact) mass is 286 g/mol. The van der Waals surface area contributed by atoms with Crippen LogP contribution in [0.1, 0.15) is 12.5 Å². The Morgan fingerprint density at radius 3 is 2.57 bits per heavy atom. The summed E-state index contributed by atoms with van der Waals surface area (Å²) >= 11 is 0. The van der Waals surface area contributed by atoms with Crippen molar-refractivity contribution in [2.75, 3.05) is 11.9 Å². The molecule has 1 unspecified atom stereocenters. The number of hydrogen-bond donors (Lipinski definition) is 2. The van der Waals surface area contributed by atoms with Crippen LogP contribution in [0.2, 0.25) is 0 Å². The maximum Gasteiger partial charge on any atom is 0.217 e. The molecule has 2 aromatic carbocycles. The van der Waals surface area contributed by atoms with Gasteiger partial charge in [-0.15, -0.1) is 0 Å². The van der Waals surface area contributed by atoms with Gasteiger partial charge in [0.25, 0.3) is 0 Å². The third-order valence-electron chi connectivity index (χ3n) is 3.11. The summed E-state index contributed by atoms with van der Waals surface area (Å²) in [6, 6.07) is 16.2. The lowest BCUT2D eigenvalue weighted by Gasteiger charge is -2.19. The van der Waals surface area contributed by atoms with Crippen molar-refractivity contribution in [2.45, 2.75) is 19.4 Å². The number of hydrogen-bond acceptors (Lipinski definition) is 2. The van der Waals surface area contributed by atoms with Gasteiger partial charge in [0.05, 0.1) is 6.04 Å². The van der Waals surface area contributed by atoms with Gasteiger partial charge in [-0.2, -0.15) is 0 Å². The van der Waals surface area contributed by atoms with E-state index >= 15 is 0 Å². The van der Waals surface area contributed by atoms with Crippen LogP contribution in [-0.2, 0) is 11.2 Å². The molecule has 110 valence electrons. The average Bonchev–Trinajstić information content (AvgIpc) is 2.45. The van der Waals surface area contributed by atoms with Crippen molar-refractivity contribution in [3.8, 4) is 0 Å². The van der Waals surface area contributed by atoms with E-state index < -0.39 is 0 Å². The van der Waals surface area contributed by atoms with Crippen molar-refractivity contribution >= 4 is 11.6 Å². The van der Waals surface area contributed by atoms with Gasteiger partial charge in [-0.3, -0.25) is 4.79 Å². The molecule has 3 nitrogen and oxygen atoms in total. The van der Waals surface area contributed by atoms with E-state index in [1.54, 1.807) is 12.1 Å². The minimum atomic E-state index is -0.279. The quantitative estimate of drug-likeness (QED) is 0.857. The summed E-state index contributed by atoms with van der Waals surface area (Å²) in [6.45, 7) is 2.04. The van der Waals surface area contributed by atoms with Gasteiger partial charge in [-0.1, -0.05) is 36.4 Å². The van der Waals surface area contributed by atoms with Crippen LogP contribution in [0.4, 0.5) is 10.1 Å². The summed E-state index contributed by atoms with van der Waals surface area (Å²) in [6.07, 6.45) is 0.725. The molecule has 4 heteroatoms. The molecular formula is C17H19FN2O. The maximum atomic E-state index is 13.1. The van der Waals surface area contributed by atoms with E-state index in [0.717, 1.165) is 12.0 Å². The number of amides is 1. The molecule has 0 saturated carbocycles. The first-order chi connectivity index (χ1) is 10.1. The number of carbonyl (C=O) groups is 1. The van der Waals surface area contributed by atoms with Crippen molar-refractivity contribution in [3.05, 3.63) is 66.0 Å². The number of carbonyl (C=O) groups excluding carboxylic acids is 1. The average molecular weight is 286 g/mol. The zero-order chi connectivity index (χ0) is 15.1. The Hall–Kier alpha value is -2.36. The second-order valence-corrected chi connectivity index (χ2v) is 4.98. The van der Waals surface area contributed by atoms with E-state index in [4.69, 9.17) is 0 Å². The molecule has 1 amide bonds. The molecule has 2 aromatic rings. The molecule has 0 aliphatic carbocycles. The Bertz CT molecular complexity index is 586. The SMILES string of the molecule is CC(=O)NC(CNc1cccc(F)c1)Cc1ccccc1. The van der Waals surface area contributed by atoms with Crippen LogP contribution in [0.5, 0.6) is 0 Å². The van der Waals surface area contributed by atoms with E-state index in [1.165, 1.54) is 19.1 Å². The fourth-order valence-electron chi connectivity index (χ4n) is 2.20. The molecule has 0 heterocycles. The standard InChI is InChI=1S/C17H19FN2O/c1-13(21)20-17(10-14-6-3-2-4-7-14)12-19-16-9-5-8-15(18)11-16/h2-9,11,17,19H,10,12H2,1H3,(H,20,21). The minimum Gasteiger partial charge on any atom is -0.383 e. The van der Waals surface area contributed by atoms with Crippen LogP contribution >= 0.6 is 0 Å². The van der Waals surface area contributed by atoms with E-state index in [1.807, 2.05) is 30.3 Å². The lowest BCUT2D eigenvalue weighted by Crippen LogP contribution is -2.40. The fraction of sp³-hybridized carbons (Fsp3) is 0.235. The first kappa shape index (κ1) is 15.0. The van der Waals surface area contributed by atoms with Gasteiger partial charge in [0.1, 0.15) is 5.82 Å². The molecule has 1 atom stereocenters. The van der Waals surface area contributed by atoms with Crippen LogP contribution in [0, 0.1) is 5.82 Å². The molecule has 0 aromatic heterocycles. The molecule has 2 rings (SSSR count). The Morgan fingerprint density at radius 1 is 1.14 bits per heavy atom. The summed E-state index contributed by atoms with van der Waals surface area (Å²) in [5.74, 6) is -0.351. The lowest BCUT2D eigenvalue weighted by atomic mass is 10.1. The van der Waals surface area contributed by atoms with E-state index in [9.17, 15) is 9.18 Å². The first-order valence-corrected chi connectivity index (χ1v) is 6.94. The molecular weight excluding hydrogens is 267 g/mol. The Kier molecular flexibility index (Phi) is 5.32. The Morgan fingerprint density at radius 2 is 1.90 bits per heavy atom. The van der Waals surface area contributed by atoms with Crippen LogP contribution in [0.3, 0.4) is 0 Å². The largest absolute Gasteiger partial charge is 0.383 e. The normalized spacial score (nSPS) is 11.7. The molecule has 2 N–H and O–H groups in total. The highest BCUT2D eigenvalue weighted by Crippen LogP contribution is 2.10. The van der Waals surface area contributed by atoms with Crippen LogP contribution < -0.4 is 10.6 Å². The lowest BCUT2D eigenvalue weighted by molar-refractivity contribution is -0.119. The van der Waals surface area contributed by atoms with Gasteiger partial charge in [-0.25, -0.2) is 4.39 Å². The first-order valence-electron chi connectivity index (χ1n) is 6.94. The van der Waals surface area contributed by atoms with Gasteiger partial charge >= 0.3 is 0 Å². The number of nitrogens with one attached hydrogen (secondary N) is 2. The second kappa shape index (κ2) is 7.43. The van der Waals surface area contributed by atoms with Crippen LogP contribution in [0.25, 0.3) is 0 Å². The zero-order valence-electron chi connectivity index (χ0n) is 12.0. The van der Waals surface area contributed by atoms with Crippen molar-refractivity contribution < 1.29 is 9.18 Å². The van der Waals surface area contributed by atoms with Crippen LogP contribution in [-0.4, -0.2) is 18.5 Å². The summed E-state index contributed by atoms with van der Waals surface area (Å²) in [4.78, 5) is 11.3. The Balaban J connectivity index is 1.97. The van der Waals surface area contributed by atoms with Crippen molar-refractivity contribution in [2.24, 2.45) is 0 Å². The van der Waals surface area contributed by atoms with E-state index in [-0.39, 0.29) is 17.8 Å². The molecule has 21 heavy (non-hydrogen) atoms. The van der Waals surface area contributed by atoms with Gasteiger partial charge in [0, 0.05) is 19.2 Å². The summed E-state index contributed by atoms with van der Waals surface area (Å²) in [5, 5.41) is 6.07. The molecule has 0 spiro atoms. The van der Waals surface area contributed by atoms with Gasteiger partial charge < -0.3 is 10.6 Å². The highest BCUT2D eigenvalue weighted by atomic mass is 19.1. The molecule has 0 bridgehead atoms. The van der Waals surface area contributed by atoms with E-state index in [0.29, 0.717) is 12.2 Å². The fourth-order valence-corrected chi connectivity index (χ4v) is 2.20. The molecule has 0 aliphatic rings. The van der Waals surface area contributed by atoms with Crippen molar-refractivity contribution in [1.82, 2.24) is 5.32 Å². The topological polar surface area (TPSA) is 41.1 Å². The molecule has 0 aliphatic heterocycles. The smallest absolute Gasteiger partial charge is 0.217 e. The highest BCUT2D eigenvalue weighted by Gasteiger charge is 2.11. The van der Waals surface area contributed by atoms with E-state index in [2.05, 4.69) is 10.6 Å². The minimum absolute atomic E-state index is 0.0480. The molecule has 0 saturated heterocycles. The Labute approximate surface area is 124 Å². The third-order valence-corrected chi connectivity index (χ3v) is 3.11. The van der Waals surface area contributed by atoms with Gasteiger partial charge in [-0.05, 0) is 30.2 Å². The predicted molar refractivity (Wildman–Crippen MR) is 82.6 cm³/mol. The summed E-state index contributed by atoms with van der Waals surface area (Å²) in [5.41, 5.74) is 1.86. The van der Waals surface area contributed by atoms with Crippen LogP contribution in [0.15, 0.2) is 54.6 Å².